The Hall–Kier alpha value is -1.73. The molecule has 2 aromatic rings. The fraction of sp³-hybridized carbons (Fsp3) is 0.455. The molecule has 2 aromatic heterocycles. The van der Waals surface area contributed by atoms with E-state index < -0.39 is 0 Å². The highest BCUT2D eigenvalue weighted by Gasteiger charge is 2.21. The molecule has 0 atom stereocenters. The Balaban J connectivity index is 2.29. The first-order valence-corrected chi connectivity index (χ1v) is 6.41. The molecule has 0 aliphatic carbocycles. The first-order valence-electron chi connectivity index (χ1n) is 6.03. The van der Waals surface area contributed by atoms with Crippen LogP contribution >= 0.6 is 11.6 Å². The Morgan fingerprint density at radius 2 is 2.26 bits per heavy atom. The lowest BCUT2D eigenvalue weighted by molar-refractivity contribution is 0.102. The minimum atomic E-state index is -0.278. The van der Waals surface area contributed by atoms with E-state index in [1.807, 2.05) is 6.92 Å². The number of ketones is 1. The van der Waals surface area contributed by atoms with Crippen molar-refractivity contribution in [3.8, 4) is 0 Å². The highest BCUT2D eigenvalue weighted by Crippen LogP contribution is 2.18. The lowest BCUT2D eigenvalue weighted by atomic mass is 10.2. The molecule has 0 saturated heterocycles. The van der Waals surface area contributed by atoms with Crippen LogP contribution in [-0.4, -0.2) is 37.1 Å². The number of nitrogens with zero attached hydrogens (tertiary/aromatic N) is 5. The highest BCUT2D eigenvalue weighted by molar-refractivity contribution is 6.34. The first-order chi connectivity index (χ1) is 9.17. The smallest absolute Gasteiger partial charge is 0.234 e. The number of hydrogen-bond acceptors (Lipinski definition) is 5. The number of hydrogen-bond donors (Lipinski definition) is 1. The Bertz CT molecular complexity index is 576. The van der Waals surface area contributed by atoms with Crippen LogP contribution in [-0.2, 0) is 13.1 Å². The molecule has 2 heterocycles. The number of carbonyl (C=O) groups excluding carboxylic acids is 1. The molecule has 19 heavy (non-hydrogen) atoms. The van der Waals surface area contributed by atoms with Crippen molar-refractivity contribution in [1.82, 2.24) is 24.8 Å². The van der Waals surface area contributed by atoms with Crippen molar-refractivity contribution in [2.45, 2.75) is 26.4 Å². The second-order valence-electron chi connectivity index (χ2n) is 4.05. The van der Waals surface area contributed by atoms with Crippen molar-refractivity contribution in [2.75, 3.05) is 6.54 Å². The third-order valence-electron chi connectivity index (χ3n) is 2.57. The zero-order chi connectivity index (χ0) is 13.8. The molecule has 0 saturated carbocycles. The van der Waals surface area contributed by atoms with Crippen molar-refractivity contribution < 1.29 is 4.79 Å². The van der Waals surface area contributed by atoms with E-state index in [2.05, 4.69) is 15.4 Å². The van der Waals surface area contributed by atoms with E-state index in [0.717, 1.165) is 6.42 Å². The van der Waals surface area contributed by atoms with Crippen molar-refractivity contribution in [1.29, 1.82) is 0 Å². The largest absolute Gasteiger partial charge is 0.329 e. The quantitative estimate of drug-likeness (QED) is 0.789. The molecule has 8 heteroatoms. The van der Waals surface area contributed by atoms with Gasteiger partial charge in [-0.25, -0.2) is 0 Å². The molecule has 0 unspecified atom stereocenters. The molecule has 0 amide bonds. The van der Waals surface area contributed by atoms with Crippen LogP contribution < -0.4 is 5.73 Å². The van der Waals surface area contributed by atoms with Crippen molar-refractivity contribution in [2.24, 2.45) is 5.73 Å². The Kier molecular flexibility index (Phi) is 4.28. The Morgan fingerprint density at radius 1 is 1.47 bits per heavy atom. The summed E-state index contributed by atoms with van der Waals surface area (Å²) in [5.74, 6) is -0.278. The number of nitrogens with two attached hydrogens (primary N) is 1. The molecule has 7 nitrogen and oxygen atoms in total. The summed E-state index contributed by atoms with van der Waals surface area (Å²) in [7, 11) is 0. The number of aromatic nitrogens is 5. The molecule has 0 aliphatic rings. The van der Waals surface area contributed by atoms with Crippen LogP contribution in [0.2, 0.25) is 5.02 Å². The summed E-state index contributed by atoms with van der Waals surface area (Å²) in [4.78, 5) is 12.3. The molecule has 0 aromatic carbocycles. The van der Waals surface area contributed by atoms with Gasteiger partial charge < -0.3 is 5.73 Å². The van der Waals surface area contributed by atoms with E-state index in [1.54, 1.807) is 10.9 Å². The third-order valence-corrected chi connectivity index (χ3v) is 2.85. The van der Waals surface area contributed by atoms with Gasteiger partial charge in [-0.1, -0.05) is 23.7 Å². The molecule has 0 fully saturated rings. The SMILES string of the molecule is CCCn1ncc(Cl)c1C(=O)c1cn(CCN)nn1. The second kappa shape index (κ2) is 5.94. The van der Waals surface area contributed by atoms with Gasteiger partial charge in [0.05, 0.1) is 24.0 Å². The van der Waals surface area contributed by atoms with Crippen LogP contribution in [0.3, 0.4) is 0 Å². The standard InChI is InChI=1S/C11H15ClN6O/c1-2-4-18-10(8(12)6-14-18)11(19)9-7-17(5-3-13)16-15-9/h6-7H,2-5,13H2,1H3. The predicted octanol–water partition coefficient (Wildman–Crippen LogP) is 0.728. The van der Waals surface area contributed by atoms with Crippen LogP contribution in [0.15, 0.2) is 12.4 Å². The molecule has 102 valence electrons. The summed E-state index contributed by atoms with van der Waals surface area (Å²) in [6.45, 7) is 3.58. The maximum absolute atomic E-state index is 12.3. The molecule has 0 aliphatic heterocycles. The average Bonchev–Trinajstić information content (AvgIpc) is 2.98. The summed E-state index contributed by atoms with van der Waals surface area (Å²) in [5.41, 5.74) is 6.01. The number of halogens is 1. The normalized spacial score (nSPS) is 10.9. The van der Waals surface area contributed by atoms with E-state index in [1.165, 1.54) is 10.9 Å². The fourth-order valence-electron chi connectivity index (χ4n) is 1.73. The van der Waals surface area contributed by atoms with Gasteiger partial charge in [0.2, 0.25) is 5.78 Å². The molecule has 2 rings (SSSR count). The van der Waals surface area contributed by atoms with Gasteiger partial charge in [-0.15, -0.1) is 5.10 Å². The maximum atomic E-state index is 12.3. The lowest BCUT2D eigenvalue weighted by Gasteiger charge is -2.03. The summed E-state index contributed by atoms with van der Waals surface area (Å²) < 4.78 is 3.12. The zero-order valence-electron chi connectivity index (χ0n) is 10.6. The van der Waals surface area contributed by atoms with E-state index in [0.29, 0.717) is 30.4 Å². The molecule has 0 spiro atoms. The molecular weight excluding hydrogens is 268 g/mol. The second-order valence-corrected chi connectivity index (χ2v) is 4.46. The molecule has 0 radical (unpaired) electrons. The predicted molar refractivity (Wildman–Crippen MR) is 70.0 cm³/mol. The summed E-state index contributed by atoms with van der Waals surface area (Å²) >= 11 is 6.01. The van der Waals surface area contributed by atoms with Gasteiger partial charge in [0.15, 0.2) is 5.69 Å². The van der Waals surface area contributed by atoms with Gasteiger partial charge in [0.25, 0.3) is 0 Å². The Labute approximate surface area is 115 Å². The number of aryl methyl sites for hydroxylation is 1. The van der Waals surface area contributed by atoms with E-state index in [-0.39, 0.29) is 11.5 Å². The minimum absolute atomic E-state index is 0.244. The first kappa shape index (κ1) is 13.7. The van der Waals surface area contributed by atoms with Crippen molar-refractivity contribution in [3.05, 3.63) is 28.8 Å². The van der Waals surface area contributed by atoms with Crippen molar-refractivity contribution >= 4 is 17.4 Å². The van der Waals surface area contributed by atoms with Crippen LogP contribution in [0, 0.1) is 0 Å². The van der Waals surface area contributed by atoms with E-state index in [9.17, 15) is 4.79 Å². The third kappa shape index (κ3) is 2.82. The van der Waals surface area contributed by atoms with Gasteiger partial charge >= 0.3 is 0 Å². The molecule has 2 N–H and O–H groups in total. The maximum Gasteiger partial charge on any atom is 0.234 e. The van der Waals surface area contributed by atoms with Crippen LogP contribution in [0.5, 0.6) is 0 Å². The summed E-state index contributed by atoms with van der Waals surface area (Å²) in [5, 5.41) is 12.1. The van der Waals surface area contributed by atoms with Gasteiger partial charge in [-0.2, -0.15) is 5.10 Å². The summed E-state index contributed by atoms with van der Waals surface area (Å²) in [6, 6.07) is 0. The van der Waals surface area contributed by atoms with Crippen LogP contribution in [0.25, 0.3) is 0 Å². The summed E-state index contributed by atoms with van der Waals surface area (Å²) in [6.07, 6.45) is 3.89. The number of rotatable bonds is 6. The molecule has 0 bridgehead atoms. The van der Waals surface area contributed by atoms with Crippen LogP contribution in [0.4, 0.5) is 0 Å². The lowest BCUT2D eigenvalue weighted by Crippen LogP contribution is -2.12. The topological polar surface area (TPSA) is 91.6 Å². The van der Waals surface area contributed by atoms with Crippen molar-refractivity contribution in [3.63, 3.8) is 0 Å². The fourth-order valence-corrected chi connectivity index (χ4v) is 1.96. The van der Waals surface area contributed by atoms with E-state index in [4.69, 9.17) is 17.3 Å². The van der Waals surface area contributed by atoms with Gasteiger partial charge in [-0.05, 0) is 6.42 Å². The van der Waals surface area contributed by atoms with Gasteiger partial charge in [0, 0.05) is 13.1 Å². The van der Waals surface area contributed by atoms with Crippen LogP contribution in [0.1, 0.15) is 29.5 Å². The average molecular weight is 283 g/mol. The molecular formula is C11H15ClN6O. The Morgan fingerprint density at radius 3 is 2.95 bits per heavy atom. The van der Waals surface area contributed by atoms with E-state index >= 15 is 0 Å². The highest BCUT2D eigenvalue weighted by atomic mass is 35.5. The van der Waals surface area contributed by atoms with Gasteiger partial charge in [-0.3, -0.25) is 14.2 Å². The number of carbonyl (C=O) groups is 1. The van der Waals surface area contributed by atoms with Gasteiger partial charge in [0.1, 0.15) is 5.69 Å². The zero-order valence-corrected chi connectivity index (χ0v) is 11.3. The minimum Gasteiger partial charge on any atom is -0.329 e. The monoisotopic (exact) mass is 282 g/mol.